The van der Waals surface area contributed by atoms with Crippen molar-refractivity contribution in [2.75, 3.05) is 39.3 Å². The summed E-state index contributed by atoms with van der Waals surface area (Å²) in [5.41, 5.74) is 0.571. The fraction of sp³-hybridized carbons (Fsp3) is 1.00. The quantitative estimate of drug-likeness (QED) is 0.841. The Morgan fingerprint density at radius 1 is 1.10 bits per heavy atom. The number of rotatable bonds is 5. The second-order valence-electron chi connectivity index (χ2n) is 7.91. The van der Waals surface area contributed by atoms with E-state index in [1.54, 1.807) is 0 Å². The smallest absolute Gasteiger partial charge is 0.0223 e. The van der Waals surface area contributed by atoms with Gasteiger partial charge in [-0.05, 0) is 51.1 Å². The monoisotopic (exact) mass is 293 g/mol. The molecule has 1 aliphatic carbocycles. The van der Waals surface area contributed by atoms with Gasteiger partial charge in [0.15, 0.2) is 0 Å². The van der Waals surface area contributed by atoms with Gasteiger partial charge in [0.05, 0.1) is 0 Å². The molecule has 0 radical (unpaired) electrons. The Morgan fingerprint density at radius 2 is 1.90 bits per heavy atom. The summed E-state index contributed by atoms with van der Waals surface area (Å²) in [5, 5.41) is 3.65. The van der Waals surface area contributed by atoms with Crippen LogP contribution in [0.3, 0.4) is 0 Å². The van der Waals surface area contributed by atoms with E-state index in [0.717, 1.165) is 18.6 Å². The zero-order valence-corrected chi connectivity index (χ0v) is 14.2. The van der Waals surface area contributed by atoms with E-state index in [-0.39, 0.29) is 0 Å². The maximum absolute atomic E-state index is 3.65. The number of piperazine rings is 1. The topological polar surface area (TPSA) is 18.5 Å². The van der Waals surface area contributed by atoms with Gasteiger partial charge in [-0.1, -0.05) is 26.2 Å². The first-order chi connectivity index (χ1) is 10.2. The Kier molecular flexibility index (Phi) is 5.23. The molecule has 21 heavy (non-hydrogen) atoms. The van der Waals surface area contributed by atoms with E-state index in [2.05, 4.69) is 29.0 Å². The van der Waals surface area contributed by atoms with Crippen LogP contribution in [0.2, 0.25) is 0 Å². The lowest BCUT2D eigenvalue weighted by atomic mass is 9.84. The number of hydrogen-bond acceptors (Lipinski definition) is 3. The molecule has 3 nitrogen and oxygen atoms in total. The molecular weight excluding hydrogens is 258 g/mol. The van der Waals surface area contributed by atoms with Gasteiger partial charge in [0, 0.05) is 38.3 Å². The van der Waals surface area contributed by atoms with Crippen molar-refractivity contribution in [2.24, 2.45) is 5.41 Å². The second kappa shape index (κ2) is 6.97. The van der Waals surface area contributed by atoms with Crippen LogP contribution < -0.4 is 5.32 Å². The third-order valence-corrected chi connectivity index (χ3v) is 6.27. The van der Waals surface area contributed by atoms with E-state index in [9.17, 15) is 0 Å². The fourth-order valence-corrected chi connectivity index (χ4v) is 4.97. The zero-order chi connectivity index (χ0) is 14.7. The highest BCUT2D eigenvalue weighted by Crippen LogP contribution is 2.39. The maximum Gasteiger partial charge on any atom is 0.0223 e. The molecule has 3 rings (SSSR count). The van der Waals surface area contributed by atoms with Crippen LogP contribution in [0.1, 0.15) is 58.8 Å². The molecule has 0 aromatic carbocycles. The van der Waals surface area contributed by atoms with Crippen molar-refractivity contribution >= 4 is 0 Å². The van der Waals surface area contributed by atoms with Gasteiger partial charge in [-0.15, -0.1) is 0 Å². The summed E-state index contributed by atoms with van der Waals surface area (Å²) in [6, 6.07) is 1.60. The third-order valence-electron chi connectivity index (χ3n) is 6.27. The van der Waals surface area contributed by atoms with Gasteiger partial charge >= 0.3 is 0 Å². The molecule has 3 aliphatic rings. The van der Waals surface area contributed by atoms with Gasteiger partial charge < -0.3 is 5.32 Å². The molecule has 2 atom stereocenters. The molecule has 0 aromatic rings. The molecular formula is C18H35N3. The van der Waals surface area contributed by atoms with Crippen molar-refractivity contribution in [3.63, 3.8) is 0 Å². The zero-order valence-electron chi connectivity index (χ0n) is 14.2. The predicted octanol–water partition coefficient (Wildman–Crippen LogP) is 2.71. The molecule has 2 heterocycles. The van der Waals surface area contributed by atoms with Crippen LogP contribution in [0.15, 0.2) is 0 Å². The van der Waals surface area contributed by atoms with Crippen molar-refractivity contribution in [3.05, 3.63) is 0 Å². The van der Waals surface area contributed by atoms with E-state index < -0.39 is 0 Å². The van der Waals surface area contributed by atoms with E-state index >= 15 is 0 Å². The summed E-state index contributed by atoms with van der Waals surface area (Å²) in [6.07, 6.45) is 10.1. The predicted molar refractivity (Wildman–Crippen MR) is 89.7 cm³/mol. The lowest BCUT2D eigenvalue weighted by Gasteiger charge is -2.50. The second-order valence-corrected chi connectivity index (χ2v) is 7.91. The van der Waals surface area contributed by atoms with E-state index in [1.165, 1.54) is 77.7 Å². The molecule has 2 saturated heterocycles. The molecule has 2 unspecified atom stereocenters. The Labute approximate surface area is 131 Å². The number of piperidine rings is 1. The molecule has 0 spiro atoms. The average molecular weight is 293 g/mol. The first-order valence-electron chi connectivity index (χ1n) is 9.41. The van der Waals surface area contributed by atoms with Crippen molar-refractivity contribution in [1.82, 2.24) is 15.1 Å². The van der Waals surface area contributed by atoms with Gasteiger partial charge in [-0.2, -0.15) is 0 Å². The summed E-state index contributed by atoms with van der Waals surface area (Å²) in [5.74, 6) is 0. The average Bonchev–Trinajstić information content (AvgIpc) is 2.95. The number of hydrogen-bond donors (Lipinski definition) is 1. The largest absolute Gasteiger partial charge is 0.316 e. The van der Waals surface area contributed by atoms with Crippen molar-refractivity contribution < 1.29 is 0 Å². The minimum Gasteiger partial charge on any atom is -0.316 e. The SMILES string of the molecule is CCNCC1(CN2CC3CCCCN3CC2C)CCCC1. The van der Waals surface area contributed by atoms with Gasteiger partial charge in [0.25, 0.3) is 0 Å². The highest BCUT2D eigenvalue weighted by Gasteiger charge is 2.39. The highest BCUT2D eigenvalue weighted by atomic mass is 15.3. The van der Waals surface area contributed by atoms with Crippen molar-refractivity contribution in [2.45, 2.75) is 70.9 Å². The molecule has 0 amide bonds. The normalized spacial score (nSPS) is 34.0. The highest BCUT2D eigenvalue weighted by molar-refractivity contribution is 4.95. The molecule has 3 heteroatoms. The molecule has 122 valence electrons. The summed E-state index contributed by atoms with van der Waals surface area (Å²) in [7, 11) is 0. The van der Waals surface area contributed by atoms with E-state index in [1.807, 2.05) is 0 Å². The van der Waals surface area contributed by atoms with Crippen LogP contribution in [0.25, 0.3) is 0 Å². The van der Waals surface area contributed by atoms with Crippen LogP contribution >= 0.6 is 0 Å². The molecule has 1 saturated carbocycles. The standard InChI is InChI=1S/C18H35N3/c1-3-19-14-18(9-5-6-10-18)15-21-13-17-8-4-7-11-20(17)12-16(21)2/h16-17,19H,3-15H2,1-2H3. The van der Waals surface area contributed by atoms with Crippen LogP contribution in [-0.4, -0.2) is 61.2 Å². The minimum absolute atomic E-state index is 0.571. The first kappa shape index (κ1) is 15.8. The van der Waals surface area contributed by atoms with E-state index in [4.69, 9.17) is 0 Å². The van der Waals surface area contributed by atoms with Crippen LogP contribution in [0, 0.1) is 5.41 Å². The third kappa shape index (κ3) is 3.62. The summed E-state index contributed by atoms with van der Waals surface area (Å²) in [4.78, 5) is 5.62. The van der Waals surface area contributed by atoms with Gasteiger partial charge in [-0.25, -0.2) is 0 Å². The van der Waals surface area contributed by atoms with Crippen LogP contribution in [0.4, 0.5) is 0 Å². The molecule has 0 aromatic heterocycles. The van der Waals surface area contributed by atoms with Gasteiger partial charge in [0.1, 0.15) is 0 Å². The maximum atomic E-state index is 3.65. The lowest BCUT2D eigenvalue weighted by Crippen LogP contribution is -2.60. The number of nitrogens with one attached hydrogen (secondary N) is 1. The summed E-state index contributed by atoms with van der Waals surface area (Å²) in [6.45, 7) is 12.4. The number of nitrogens with zero attached hydrogens (tertiary/aromatic N) is 2. The molecule has 2 aliphatic heterocycles. The minimum atomic E-state index is 0.571. The molecule has 1 N–H and O–H groups in total. The summed E-state index contributed by atoms with van der Waals surface area (Å²) < 4.78 is 0. The lowest BCUT2D eigenvalue weighted by molar-refractivity contribution is -0.00635. The van der Waals surface area contributed by atoms with Crippen molar-refractivity contribution in [1.29, 1.82) is 0 Å². The first-order valence-corrected chi connectivity index (χ1v) is 9.41. The van der Waals surface area contributed by atoms with Gasteiger partial charge in [0.2, 0.25) is 0 Å². The van der Waals surface area contributed by atoms with Crippen LogP contribution in [0.5, 0.6) is 0 Å². The Balaban J connectivity index is 1.62. The Hall–Kier alpha value is -0.120. The summed E-state index contributed by atoms with van der Waals surface area (Å²) >= 11 is 0. The molecule has 0 bridgehead atoms. The Bertz CT molecular complexity index is 324. The molecule has 3 fully saturated rings. The van der Waals surface area contributed by atoms with Crippen LogP contribution in [-0.2, 0) is 0 Å². The van der Waals surface area contributed by atoms with Crippen molar-refractivity contribution in [3.8, 4) is 0 Å². The Morgan fingerprint density at radius 3 is 2.67 bits per heavy atom. The number of fused-ring (bicyclic) bond motifs is 1. The van der Waals surface area contributed by atoms with E-state index in [0.29, 0.717) is 5.41 Å². The van der Waals surface area contributed by atoms with Gasteiger partial charge in [-0.3, -0.25) is 9.80 Å². The fourth-order valence-electron chi connectivity index (χ4n) is 4.97.